The zero-order chi connectivity index (χ0) is 40.9. The van der Waals surface area contributed by atoms with Crippen molar-refractivity contribution in [1.82, 2.24) is 0 Å². The number of hydrogen-bond acceptors (Lipinski definition) is 12. The topological polar surface area (TPSA) is 183 Å². The lowest BCUT2D eigenvalue weighted by molar-refractivity contribution is -0.321. The largest absolute Gasteiger partial charge is 0.479 e. The molecule has 322 valence electrons. The van der Waals surface area contributed by atoms with Crippen molar-refractivity contribution in [3.8, 4) is 0 Å². The predicted molar refractivity (Wildman–Crippen MR) is 208 cm³/mol. The summed E-state index contributed by atoms with van der Waals surface area (Å²) >= 11 is 0. The van der Waals surface area contributed by atoms with E-state index in [2.05, 4.69) is 26.5 Å². The number of aliphatic hydroxyl groups excluding tert-OH is 3. The molecular formula is C44H68O13. The maximum Gasteiger partial charge on any atom is 0.335 e. The van der Waals surface area contributed by atoms with Gasteiger partial charge in [0.2, 0.25) is 5.79 Å². The summed E-state index contributed by atoms with van der Waals surface area (Å²) in [6, 6.07) is 0. The average molecular weight is 805 g/mol. The van der Waals surface area contributed by atoms with Crippen molar-refractivity contribution in [3.63, 3.8) is 0 Å². The Kier molecular flexibility index (Phi) is 12.9. The number of carboxylic acid groups (broad SMARTS) is 1. The van der Waals surface area contributed by atoms with Gasteiger partial charge < -0.3 is 58.7 Å². The first-order chi connectivity index (χ1) is 26.9. The van der Waals surface area contributed by atoms with Crippen molar-refractivity contribution >= 4 is 5.97 Å². The predicted octanol–water partition coefficient (Wildman–Crippen LogP) is 5.21. The number of carboxylic acids is 1. The smallest absolute Gasteiger partial charge is 0.335 e. The lowest BCUT2D eigenvalue weighted by atomic mass is 9.79. The van der Waals surface area contributed by atoms with E-state index in [4.69, 9.17) is 33.2 Å². The summed E-state index contributed by atoms with van der Waals surface area (Å²) in [5.41, 5.74) is -0.551. The molecule has 7 aliphatic heterocycles. The van der Waals surface area contributed by atoms with Crippen molar-refractivity contribution in [2.75, 3.05) is 6.61 Å². The number of aliphatic hydroxyl groups is 4. The van der Waals surface area contributed by atoms with Gasteiger partial charge in [0.1, 0.15) is 24.4 Å². The Balaban J connectivity index is 0.920. The van der Waals surface area contributed by atoms with E-state index in [0.717, 1.165) is 50.7 Å². The van der Waals surface area contributed by atoms with Gasteiger partial charge in [-0.1, -0.05) is 45.1 Å². The van der Waals surface area contributed by atoms with Crippen LogP contribution in [0.15, 0.2) is 36.0 Å². The lowest BCUT2D eigenvalue weighted by Gasteiger charge is -2.50. The third-order valence-electron chi connectivity index (χ3n) is 14.0. The van der Waals surface area contributed by atoms with Gasteiger partial charge in [0, 0.05) is 38.0 Å². The van der Waals surface area contributed by atoms with E-state index >= 15 is 0 Å². The van der Waals surface area contributed by atoms with Crippen LogP contribution in [0.1, 0.15) is 125 Å². The van der Waals surface area contributed by atoms with Crippen LogP contribution in [0.5, 0.6) is 0 Å². The summed E-state index contributed by atoms with van der Waals surface area (Å²) in [5, 5.41) is 54.0. The van der Waals surface area contributed by atoms with Crippen molar-refractivity contribution in [3.05, 3.63) is 36.0 Å². The SMILES string of the molecule is C=C1[C@H](O)[C@@H]2O[C@@]3(CC[C@@H]2O[C@@H]1[C@H](O)C[C@H](C)[C@@H]1O[C@@]2(CCCCO2)CC[C@H]1C)CC[C@H](/C=C/[C@@H](C)[C@H]1CC(C)=C[C@]2(O[C@H](C[C@@](C)(O)C(=O)O)CC[C@@H]2O)O1)O3. The molecule has 0 aromatic carbocycles. The zero-order valence-corrected chi connectivity index (χ0v) is 34.6. The Bertz CT molecular complexity index is 1510. The Morgan fingerprint density at radius 3 is 2.49 bits per heavy atom. The number of aliphatic carboxylic acids is 1. The van der Waals surface area contributed by atoms with Gasteiger partial charge in [0.05, 0.1) is 43.2 Å². The Morgan fingerprint density at radius 2 is 1.75 bits per heavy atom. The summed E-state index contributed by atoms with van der Waals surface area (Å²) in [7, 11) is 0. The van der Waals surface area contributed by atoms with Gasteiger partial charge in [-0.25, -0.2) is 4.79 Å². The third kappa shape index (κ3) is 9.15. The molecule has 57 heavy (non-hydrogen) atoms. The summed E-state index contributed by atoms with van der Waals surface area (Å²) in [4.78, 5) is 11.6. The number of rotatable bonds is 10. The minimum atomic E-state index is -1.96. The van der Waals surface area contributed by atoms with Gasteiger partial charge in [-0.05, 0) is 95.1 Å². The normalized spacial score (nSPS) is 45.4. The van der Waals surface area contributed by atoms with Crippen LogP contribution in [-0.4, -0.2) is 122 Å². The number of ether oxygens (including phenoxy) is 7. The van der Waals surface area contributed by atoms with Gasteiger partial charge in [0.15, 0.2) is 17.2 Å². The average Bonchev–Trinajstić information content (AvgIpc) is 3.56. The van der Waals surface area contributed by atoms with E-state index in [1.54, 1.807) is 6.08 Å². The van der Waals surface area contributed by atoms with E-state index in [9.17, 15) is 30.3 Å². The summed E-state index contributed by atoms with van der Waals surface area (Å²) in [6.45, 7) is 14.5. The molecule has 0 radical (unpaired) electrons. The molecule has 7 heterocycles. The molecule has 7 rings (SSSR count). The Labute approximate surface area is 337 Å². The number of carbonyl (C=O) groups is 1. The minimum Gasteiger partial charge on any atom is -0.479 e. The molecule has 13 nitrogen and oxygen atoms in total. The maximum atomic E-state index is 11.6. The van der Waals surface area contributed by atoms with Crippen molar-refractivity contribution in [2.45, 2.75) is 209 Å². The molecule has 3 spiro atoms. The second kappa shape index (κ2) is 17.0. The first-order valence-electron chi connectivity index (χ1n) is 21.7. The molecule has 13 heteroatoms. The first kappa shape index (κ1) is 43.3. The standard InChI is InChI=1S/C44H68O13/c1-25-21-34(55-44(23-25)35(46)12-11-31(54-44)24-41(6,50)40(48)49)26(2)9-10-30-14-18-43(53-30)19-15-33-39(57-43)36(47)29(5)38(52-33)32(45)22-28(4)37-27(3)13-17-42(56-37)16-7-8-20-51-42/h9-10,23,26-28,30-39,45-47,50H,5,7-8,11-22,24H2,1-4,6H3,(H,48,49)/b10-9+/t26-,27-,28+,30+,31+,32-,33+,34-,35+,36+,37-,38+,39-,41-,42+,43-,44+/m1/s1. The van der Waals surface area contributed by atoms with E-state index in [1.165, 1.54) is 6.92 Å². The summed E-state index contributed by atoms with van der Waals surface area (Å²) in [6.07, 6.45) is 9.37. The molecule has 6 fully saturated rings. The molecule has 0 aromatic heterocycles. The monoisotopic (exact) mass is 804 g/mol. The second-order valence-electron chi connectivity index (χ2n) is 18.9. The minimum absolute atomic E-state index is 0.0423. The fourth-order valence-corrected chi connectivity index (χ4v) is 10.5. The molecular weight excluding hydrogens is 736 g/mol. The molecule has 17 atom stereocenters. The molecule has 6 saturated heterocycles. The summed E-state index contributed by atoms with van der Waals surface area (Å²) in [5.74, 6) is -3.82. The third-order valence-corrected chi connectivity index (χ3v) is 14.0. The van der Waals surface area contributed by atoms with E-state index < -0.39 is 71.7 Å². The van der Waals surface area contributed by atoms with Crippen molar-refractivity contribution in [1.29, 1.82) is 0 Å². The second-order valence-corrected chi connectivity index (χ2v) is 18.9. The molecule has 5 N–H and O–H groups in total. The molecule has 0 saturated carbocycles. The maximum absolute atomic E-state index is 11.6. The van der Waals surface area contributed by atoms with Gasteiger partial charge >= 0.3 is 5.97 Å². The fourth-order valence-electron chi connectivity index (χ4n) is 10.5. The van der Waals surface area contributed by atoms with E-state index in [-0.39, 0.29) is 36.6 Å². The van der Waals surface area contributed by atoms with Crippen molar-refractivity contribution in [2.24, 2.45) is 17.8 Å². The fraction of sp³-hybridized carbons (Fsp3) is 0.841. The molecule has 0 aromatic rings. The highest BCUT2D eigenvalue weighted by molar-refractivity contribution is 5.76. The molecule has 0 amide bonds. The molecule has 0 aliphatic carbocycles. The van der Waals surface area contributed by atoms with Crippen LogP contribution in [0.2, 0.25) is 0 Å². The van der Waals surface area contributed by atoms with Gasteiger partial charge in [-0.3, -0.25) is 0 Å². The quantitative estimate of drug-likeness (QED) is 0.182. The van der Waals surface area contributed by atoms with Gasteiger partial charge in [0.25, 0.3) is 0 Å². The molecule has 7 aliphatic rings. The number of hydrogen-bond donors (Lipinski definition) is 5. The highest BCUT2D eigenvalue weighted by atomic mass is 16.7. The Morgan fingerprint density at radius 1 is 1.00 bits per heavy atom. The highest BCUT2D eigenvalue weighted by Crippen LogP contribution is 2.47. The Hall–Kier alpha value is -1.75. The van der Waals surface area contributed by atoms with Crippen LogP contribution in [0.4, 0.5) is 0 Å². The lowest BCUT2D eigenvalue weighted by Crippen LogP contribution is -2.60. The van der Waals surface area contributed by atoms with Crippen LogP contribution >= 0.6 is 0 Å². The summed E-state index contributed by atoms with van der Waals surface area (Å²) < 4.78 is 45.2. The van der Waals surface area contributed by atoms with Crippen LogP contribution in [0.25, 0.3) is 0 Å². The van der Waals surface area contributed by atoms with Crippen LogP contribution in [0.3, 0.4) is 0 Å². The van der Waals surface area contributed by atoms with Crippen LogP contribution in [0, 0.1) is 17.8 Å². The molecule has 0 bridgehead atoms. The molecule has 0 unspecified atom stereocenters. The van der Waals surface area contributed by atoms with Gasteiger partial charge in [-0.2, -0.15) is 0 Å². The van der Waals surface area contributed by atoms with Crippen LogP contribution < -0.4 is 0 Å². The zero-order valence-electron chi connectivity index (χ0n) is 34.6. The van der Waals surface area contributed by atoms with E-state index in [0.29, 0.717) is 56.4 Å². The van der Waals surface area contributed by atoms with E-state index in [1.807, 2.05) is 19.9 Å². The highest BCUT2D eigenvalue weighted by Gasteiger charge is 2.55. The number of fused-ring (bicyclic) bond motifs is 1. The van der Waals surface area contributed by atoms with Gasteiger partial charge in [-0.15, -0.1) is 0 Å². The van der Waals surface area contributed by atoms with Crippen LogP contribution in [-0.2, 0) is 38.0 Å². The van der Waals surface area contributed by atoms with Crippen molar-refractivity contribution < 1.29 is 63.5 Å². The first-order valence-corrected chi connectivity index (χ1v) is 21.7.